The van der Waals surface area contributed by atoms with Crippen molar-refractivity contribution < 1.29 is 4.42 Å². The summed E-state index contributed by atoms with van der Waals surface area (Å²) in [5, 5.41) is 7.19. The summed E-state index contributed by atoms with van der Waals surface area (Å²) in [6.45, 7) is 0. The fraction of sp³-hybridized carbons (Fsp3) is 0. The van der Waals surface area contributed by atoms with Gasteiger partial charge in [0.2, 0.25) is 0 Å². The molecule has 10 rings (SSSR count). The van der Waals surface area contributed by atoms with Gasteiger partial charge in [-0.05, 0) is 82.2 Å². The number of hydrogen-bond donors (Lipinski definition) is 1. The first-order valence-corrected chi connectivity index (χ1v) is 15.8. The molecule has 0 unspecified atom stereocenters. The molecule has 0 spiro atoms. The zero-order chi connectivity index (χ0) is 31.1. The molecule has 3 aromatic heterocycles. The van der Waals surface area contributed by atoms with Gasteiger partial charge in [0, 0.05) is 43.7 Å². The molecule has 4 nitrogen and oxygen atoms in total. The van der Waals surface area contributed by atoms with Gasteiger partial charge in [0.05, 0.1) is 16.4 Å². The molecule has 220 valence electrons. The third-order valence-corrected chi connectivity index (χ3v) is 9.59. The highest BCUT2D eigenvalue weighted by Gasteiger charge is 2.15. The van der Waals surface area contributed by atoms with Gasteiger partial charge in [0.25, 0.3) is 0 Å². The van der Waals surface area contributed by atoms with Crippen LogP contribution >= 0.6 is 0 Å². The molecular weight excluding hydrogens is 576 g/mol. The lowest BCUT2D eigenvalue weighted by Gasteiger charge is -2.11. The first-order chi connectivity index (χ1) is 23.2. The molecule has 0 saturated heterocycles. The number of fused-ring (bicyclic) bond motifs is 9. The molecule has 10 aromatic rings. The second-order valence-corrected chi connectivity index (χ2v) is 12.2. The summed E-state index contributed by atoms with van der Waals surface area (Å²) in [5.41, 5.74) is 10.0. The van der Waals surface area contributed by atoms with Gasteiger partial charge in [-0.15, -0.1) is 0 Å². The number of hydrogen-bond acceptors (Lipinski definition) is 2. The van der Waals surface area contributed by atoms with Crippen molar-refractivity contribution in [3.05, 3.63) is 162 Å². The van der Waals surface area contributed by atoms with Gasteiger partial charge in [-0.1, -0.05) is 97.1 Å². The zero-order valence-corrected chi connectivity index (χ0v) is 25.2. The molecule has 0 saturated carbocycles. The number of H-pyrrole nitrogens is 1. The van der Waals surface area contributed by atoms with Crippen LogP contribution in [0.25, 0.3) is 93.3 Å². The van der Waals surface area contributed by atoms with Crippen LogP contribution in [0.4, 0.5) is 0 Å². The molecule has 0 aliphatic rings. The molecule has 4 heteroatoms. The summed E-state index contributed by atoms with van der Waals surface area (Å²) in [4.78, 5) is 17.0. The van der Waals surface area contributed by atoms with Crippen LogP contribution < -0.4 is 5.63 Å². The summed E-state index contributed by atoms with van der Waals surface area (Å²) in [7, 11) is 0. The highest BCUT2D eigenvalue weighted by atomic mass is 16.4. The lowest BCUT2D eigenvalue weighted by molar-refractivity contribution is 0.570. The summed E-state index contributed by atoms with van der Waals surface area (Å²) < 4.78 is 8.30. The van der Waals surface area contributed by atoms with E-state index in [1.54, 1.807) is 0 Å². The standard InChI is InChI=1S/C43H26N2O2/c46-43-36-24-28(30-11-7-13-38-42(30)35-10-1-4-12-37(35)44-38)19-22-31(36)34-23-18-27(25-41(34)47-43)26-16-20-29(21-17-26)45-39-14-5-2-8-32(39)33-9-3-6-15-40(33)45/h1-25,44H. The molecule has 47 heavy (non-hydrogen) atoms. The predicted molar refractivity (Wildman–Crippen MR) is 195 cm³/mol. The molecule has 0 radical (unpaired) electrons. The van der Waals surface area contributed by atoms with E-state index in [4.69, 9.17) is 4.42 Å². The Balaban J connectivity index is 1.06. The van der Waals surface area contributed by atoms with E-state index in [9.17, 15) is 4.79 Å². The van der Waals surface area contributed by atoms with Crippen LogP contribution in [0, 0.1) is 0 Å². The Morgan fingerprint density at radius 1 is 0.468 bits per heavy atom. The van der Waals surface area contributed by atoms with Crippen molar-refractivity contribution in [3.63, 3.8) is 0 Å². The van der Waals surface area contributed by atoms with E-state index in [0.717, 1.165) is 55.1 Å². The third-order valence-electron chi connectivity index (χ3n) is 9.59. The maximum absolute atomic E-state index is 13.5. The maximum Gasteiger partial charge on any atom is 0.344 e. The van der Waals surface area contributed by atoms with Gasteiger partial charge in [-0.3, -0.25) is 0 Å². The third kappa shape index (κ3) is 3.85. The lowest BCUT2D eigenvalue weighted by Crippen LogP contribution is -2.00. The highest BCUT2D eigenvalue weighted by molar-refractivity contribution is 6.15. The number of rotatable bonds is 3. The Morgan fingerprint density at radius 2 is 1.11 bits per heavy atom. The van der Waals surface area contributed by atoms with Crippen LogP contribution in [-0.2, 0) is 0 Å². The van der Waals surface area contributed by atoms with Gasteiger partial charge in [0.15, 0.2) is 0 Å². The first-order valence-electron chi connectivity index (χ1n) is 15.8. The second kappa shape index (κ2) is 9.80. The number of benzene rings is 7. The smallest absolute Gasteiger partial charge is 0.344 e. The highest BCUT2D eigenvalue weighted by Crippen LogP contribution is 2.37. The molecule has 0 aliphatic heterocycles. The van der Waals surface area contributed by atoms with Gasteiger partial charge < -0.3 is 14.0 Å². The van der Waals surface area contributed by atoms with Crippen molar-refractivity contribution in [1.29, 1.82) is 0 Å². The van der Waals surface area contributed by atoms with E-state index in [1.165, 1.54) is 27.2 Å². The van der Waals surface area contributed by atoms with Crippen molar-refractivity contribution in [3.8, 4) is 27.9 Å². The van der Waals surface area contributed by atoms with Gasteiger partial charge in [-0.25, -0.2) is 4.79 Å². The molecule has 0 bridgehead atoms. The topological polar surface area (TPSA) is 50.9 Å². The van der Waals surface area contributed by atoms with Crippen molar-refractivity contribution in [2.75, 3.05) is 0 Å². The molecule has 0 aliphatic carbocycles. The van der Waals surface area contributed by atoms with Crippen molar-refractivity contribution in [1.82, 2.24) is 9.55 Å². The van der Waals surface area contributed by atoms with E-state index in [-0.39, 0.29) is 5.63 Å². The van der Waals surface area contributed by atoms with Gasteiger partial charge >= 0.3 is 5.63 Å². The fourth-order valence-corrected chi connectivity index (χ4v) is 7.43. The Morgan fingerprint density at radius 3 is 1.89 bits per heavy atom. The van der Waals surface area contributed by atoms with Crippen LogP contribution in [0.5, 0.6) is 0 Å². The van der Waals surface area contributed by atoms with Gasteiger partial charge in [-0.2, -0.15) is 0 Å². The van der Waals surface area contributed by atoms with E-state index >= 15 is 0 Å². The van der Waals surface area contributed by atoms with Crippen molar-refractivity contribution in [2.24, 2.45) is 0 Å². The van der Waals surface area contributed by atoms with E-state index in [1.807, 2.05) is 18.2 Å². The minimum absolute atomic E-state index is 0.334. The second-order valence-electron chi connectivity index (χ2n) is 12.2. The van der Waals surface area contributed by atoms with Gasteiger partial charge in [0.1, 0.15) is 5.58 Å². The molecule has 7 aromatic carbocycles. The van der Waals surface area contributed by atoms with E-state index < -0.39 is 0 Å². The van der Waals surface area contributed by atoms with Crippen LogP contribution in [-0.4, -0.2) is 9.55 Å². The molecule has 0 fully saturated rings. The minimum Gasteiger partial charge on any atom is -0.422 e. The zero-order valence-electron chi connectivity index (χ0n) is 25.2. The average molecular weight is 603 g/mol. The quantitative estimate of drug-likeness (QED) is 0.162. The number of aromatic nitrogens is 2. The Bertz CT molecular complexity index is 2870. The normalized spacial score (nSPS) is 11.9. The van der Waals surface area contributed by atoms with E-state index in [2.05, 4.69) is 143 Å². The van der Waals surface area contributed by atoms with Crippen LogP contribution in [0.2, 0.25) is 0 Å². The summed E-state index contributed by atoms with van der Waals surface area (Å²) in [5.74, 6) is 0. The largest absolute Gasteiger partial charge is 0.422 e. The molecular formula is C43H26N2O2. The number of para-hydroxylation sites is 3. The van der Waals surface area contributed by atoms with Crippen LogP contribution in [0.1, 0.15) is 0 Å². The number of nitrogens with zero attached hydrogens (tertiary/aromatic N) is 1. The molecule has 3 heterocycles. The predicted octanol–water partition coefficient (Wildman–Crippen LogP) is 11.0. The first kappa shape index (κ1) is 25.9. The Labute approximate surface area is 268 Å². The van der Waals surface area contributed by atoms with Crippen LogP contribution in [0.15, 0.2) is 161 Å². The molecule has 0 amide bonds. The average Bonchev–Trinajstić information content (AvgIpc) is 3.67. The Hall–Kier alpha value is -6.39. The van der Waals surface area contributed by atoms with E-state index in [0.29, 0.717) is 11.0 Å². The maximum atomic E-state index is 13.5. The summed E-state index contributed by atoms with van der Waals surface area (Å²) >= 11 is 0. The summed E-state index contributed by atoms with van der Waals surface area (Å²) in [6.07, 6.45) is 0. The van der Waals surface area contributed by atoms with Crippen molar-refractivity contribution >= 4 is 65.4 Å². The molecule has 1 N–H and O–H groups in total. The summed E-state index contributed by atoms with van der Waals surface area (Å²) in [6, 6.07) is 52.5. The number of nitrogens with one attached hydrogen (secondary N) is 1. The molecule has 0 atom stereocenters. The fourth-order valence-electron chi connectivity index (χ4n) is 7.43. The minimum atomic E-state index is -0.334. The SMILES string of the molecule is O=c1oc2cc(-c3ccc(-n4c5ccccc5c5ccccc54)cc3)ccc2c2ccc(-c3cccc4[nH]c5ccccc5c34)cc12. The van der Waals surface area contributed by atoms with Crippen LogP contribution in [0.3, 0.4) is 0 Å². The Kier molecular flexibility index (Phi) is 5.40. The lowest BCUT2D eigenvalue weighted by atomic mass is 9.96. The monoisotopic (exact) mass is 602 g/mol. The number of aromatic amines is 1. The van der Waals surface area contributed by atoms with Crippen molar-refractivity contribution in [2.45, 2.75) is 0 Å².